The topological polar surface area (TPSA) is 54.9 Å². The molecule has 2 heterocycles. The summed E-state index contributed by atoms with van der Waals surface area (Å²) in [5.41, 5.74) is 1.34. The van der Waals surface area contributed by atoms with Crippen molar-refractivity contribution in [3.8, 4) is 10.6 Å². The van der Waals surface area contributed by atoms with Gasteiger partial charge in [0.05, 0.1) is 11.9 Å². The number of thiazole rings is 1. The Morgan fingerprint density at radius 1 is 1.52 bits per heavy atom. The molecule has 0 spiro atoms. The summed E-state index contributed by atoms with van der Waals surface area (Å²) in [5.74, 6) is -0.438. The maximum absolute atomic E-state index is 13.2. The molecule has 0 aliphatic carbocycles. The van der Waals surface area contributed by atoms with Gasteiger partial charge in [0.1, 0.15) is 15.8 Å². The smallest absolute Gasteiger partial charge is 0.226 e. The number of amides is 1. The molecule has 1 atom stereocenters. The number of carbonyl (C=O) groups is 1. The number of nitrogens with one attached hydrogen (secondary N) is 1. The monoisotopic (exact) mass is 325 g/mol. The Bertz CT molecular complexity index is 645. The summed E-state index contributed by atoms with van der Waals surface area (Å²) >= 11 is 2.98. The lowest BCUT2D eigenvalue weighted by Crippen LogP contribution is -2.15. The summed E-state index contributed by atoms with van der Waals surface area (Å²) < 4.78 is 13.2. The van der Waals surface area contributed by atoms with E-state index in [1.165, 1.54) is 17.4 Å². The second-order valence-corrected chi connectivity index (χ2v) is 6.90. The number of aryl methyl sites for hydroxylation is 1. The standard InChI is InChI=1S/C14H16FN3OS2/c1-8(20-3)4-12(19)18-13-9(2)17-14(21-13)10-5-11(15)7-16-6-10/h5-8H,4H2,1-3H3,(H,18,19). The van der Waals surface area contributed by atoms with Crippen molar-refractivity contribution in [3.05, 3.63) is 30.0 Å². The van der Waals surface area contributed by atoms with E-state index in [1.54, 1.807) is 18.0 Å². The summed E-state index contributed by atoms with van der Waals surface area (Å²) in [5, 5.41) is 4.49. The molecular formula is C14H16FN3OS2. The third-order valence-electron chi connectivity index (χ3n) is 2.88. The van der Waals surface area contributed by atoms with Crippen molar-refractivity contribution in [2.75, 3.05) is 11.6 Å². The van der Waals surface area contributed by atoms with Gasteiger partial charge < -0.3 is 5.32 Å². The van der Waals surface area contributed by atoms with Gasteiger partial charge in [-0.15, -0.1) is 0 Å². The van der Waals surface area contributed by atoms with Gasteiger partial charge in [0, 0.05) is 23.4 Å². The molecule has 2 aromatic rings. The van der Waals surface area contributed by atoms with Crippen LogP contribution in [-0.2, 0) is 4.79 Å². The van der Waals surface area contributed by atoms with Crippen LogP contribution in [0.25, 0.3) is 10.6 Å². The average molecular weight is 325 g/mol. The van der Waals surface area contributed by atoms with E-state index in [2.05, 4.69) is 15.3 Å². The number of pyridine rings is 1. The van der Waals surface area contributed by atoms with Gasteiger partial charge in [-0.2, -0.15) is 11.8 Å². The SMILES string of the molecule is CSC(C)CC(=O)Nc1sc(-c2cncc(F)c2)nc1C. The first-order valence-electron chi connectivity index (χ1n) is 6.40. The normalized spacial score (nSPS) is 12.2. The van der Waals surface area contributed by atoms with Crippen LogP contribution in [0.5, 0.6) is 0 Å². The zero-order chi connectivity index (χ0) is 15.4. The molecule has 1 N–H and O–H groups in total. The Balaban J connectivity index is 2.14. The van der Waals surface area contributed by atoms with E-state index in [0.29, 0.717) is 22.0 Å². The molecule has 0 saturated heterocycles. The van der Waals surface area contributed by atoms with E-state index >= 15 is 0 Å². The van der Waals surface area contributed by atoms with Gasteiger partial charge in [0.25, 0.3) is 0 Å². The maximum Gasteiger partial charge on any atom is 0.226 e. The van der Waals surface area contributed by atoms with Crippen molar-refractivity contribution in [1.82, 2.24) is 9.97 Å². The van der Waals surface area contributed by atoms with E-state index < -0.39 is 5.82 Å². The van der Waals surface area contributed by atoms with Gasteiger partial charge in [-0.25, -0.2) is 9.37 Å². The van der Waals surface area contributed by atoms with E-state index in [0.717, 1.165) is 11.9 Å². The quantitative estimate of drug-likeness (QED) is 0.910. The fraction of sp³-hybridized carbons (Fsp3) is 0.357. The Labute approximate surface area is 131 Å². The zero-order valence-corrected chi connectivity index (χ0v) is 13.6. The summed E-state index contributed by atoms with van der Waals surface area (Å²) in [6.07, 6.45) is 5.14. The minimum absolute atomic E-state index is 0.0347. The number of hydrogen-bond donors (Lipinski definition) is 1. The number of anilines is 1. The van der Waals surface area contributed by atoms with Crippen molar-refractivity contribution in [3.63, 3.8) is 0 Å². The Morgan fingerprint density at radius 2 is 2.29 bits per heavy atom. The number of nitrogens with zero attached hydrogens (tertiary/aromatic N) is 2. The highest BCUT2D eigenvalue weighted by atomic mass is 32.2. The molecule has 112 valence electrons. The van der Waals surface area contributed by atoms with E-state index in [4.69, 9.17) is 0 Å². The molecule has 0 fully saturated rings. The van der Waals surface area contributed by atoms with Crippen LogP contribution in [0, 0.1) is 12.7 Å². The second kappa shape index (κ2) is 7.00. The number of halogens is 1. The van der Waals surface area contributed by atoms with Crippen LogP contribution in [0.4, 0.5) is 9.39 Å². The molecule has 0 saturated carbocycles. The fourth-order valence-corrected chi connectivity index (χ4v) is 2.97. The highest BCUT2D eigenvalue weighted by Crippen LogP contribution is 2.31. The molecule has 1 unspecified atom stereocenters. The minimum Gasteiger partial charge on any atom is -0.316 e. The Morgan fingerprint density at radius 3 is 2.95 bits per heavy atom. The molecule has 2 rings (SSSR count). The molecule has 0 radical (unpaired) electrons. The van der Waals surface area contributed by atoms with Crippen molar-refractivity contribution in [1.29, 1.82) is 0 Å². The first-order chi connectivity index (χ1) is 9.99. The highest BCUT2D eigenvalue weighted by molar-refractivity contribution is 7.99. The largest absolute Gasteiger partial charge is 0.316 e. The predicted molar refractivity (Wildman–Crippen MR) is 86.3 cm³/mol. The third-order valence-corrected chi connectivity index (χ3v) is 4.97. The van der Waals surface area contributed by atoms with Gasteiger partial charge in [0.2, 0.25) is 5.91 Å². The van der Waals surface area contributed by atoms with Crippen LogP contribution in [-0.4, -0.2) is 27.4 Å². The van der Waals surface area contributed by atoms with Crippen LogP contribution in [0.3, 0.4) is 0 Å². The molecular weight excluding hydrogens is 309 g/mol. The molecule has 1 amide bonds. The van der Waals surface area contributed by atoms with Gasteiger partial charge in [0.15, 0.2) is 0 Å². The van der Waals surface area contributed by atoms with Crippen molar-refractivity contribution in [2.45, 2.75) is 25.5 Å². The Kier molecular flexibility index (Phi) is 5.30. The van der Waals surface area contributed by atoms with Crippen LogP contribution in [0.2, 0.25) is 0 Å². The number of aromatic nitrogens is 2. The second-order valence-electron chi connectivity index (χ2n) is 4.62. The fourth-order valence-electron chi connectivity index (χ4n) is 1.69. The van der Waals surface area contributed by atoms with Gasteiger partial charge in [-0.3, -0.25) is 9.78 Å². The summed E-state index contributed by atoms with van der Waals surface area (Å²) in [6, 6.07) is 1.38. The van der Waals surface area contributed by atoms with Crippen LogP contribution < -0.4 is 5.32 Å². The Hall–Kier alpha value is -1.47. The summed E-state index contributed by atoms with van der Waals surface area (Å²) in [6.45, 7) is 3.83. The lowest BCUT2D eigenvalue weighted by molar-refractivity contribution is -0.116. The van der Waals surface area contributed by atoms with Crippen molar-refractivity contribution < 1.29 is 9.18 Å². The highest BCUT2D eigenvalue weighted by Gasteiger charge is 2.14. The molecule has 0 aliphatic heterocycles. The lowest BCUT2D eigenvalue weighted by atomic mass is 10.3. The van der Waals surface area contributed by atoms with Crippen LogP contribution >= 0.6 is 23.1 Å². The molecule has 7 heteroatoms. The van der Waals surface area contributed by atoms with Crippen LogP contribution in [0.1, 0.15) is 19.0 Å². The summed E-state index contributed by atoms with van der Waals surface area (Å²) in [4.78, 5) is 20.1. The molecule has 21 heavy (non-hydrogen) atoms. The van der Waals surface area contributed by atoms with Gasteiger partial charge >= 0.3 is 0 Å². The van der Waals surface area contributed by atoms with Crippen molar-refractivity contribution >= 4 is 34.0 Å². The first-order valence-corrected chi connectivity index (χ1v) is 8.51. The minimum atomic E-state index is -0.403. The summed E-state index contributed by atoms with van der Waals surface area (Å²) in [7, 11) is 0. The van der Waals surface area contributed by atoms with Gasteiger partial charge in [-0.05, 0) is 19.2 Å². The number of rotatable bonds is 5. The number of carbonyl (C=O) groups excluding carboxylic acids is 1. The van der Waals surface area contributed by atoms with E-state index in [1.807, 2.05) is 20.1 Å². The molecule has 0 aromatic carbocycles. The molecule has 2 aromatic heterocycles. The van der Waals surface area contributed by atoms with E-state index in [-0.39, 0.29) is 11.2 Å². The zero-order valence-electron chi connectivity index (χ0n) is 12.0. The average Bonchev–Trinajstić information content (AvgIpc) is 2.80. The van der Waals surface area contributed by atoms with E-state index in [9.17, 15) is 9.18 Å². The molecule has 4 nitrogen and oxygen atoms in total. The van der Waals surface area contributed by atoms with Crippen LogP contribution in [0.15, 0.2) is 18.5 Å². The number of thioether (sulfide) groups is 1. The first kappa shape index (κ1) is 15.9. The maximum atomic E-state index is 13.2. The molecule has 0 bridgehead atoms. The predicted octanol–water partition coefficient (Wildman–Crippen LogP) is 3.73. The lowest BCUT2D eigenvalue weighted by Gasteiger charge is -2.07. The third kappa shape index (κ3) is 4.25. The number of hydrogen-bond acceptors (Lipinski definition) is 5. The molecule has 0 aliphatic rings. The van der Waals surface area contributed by atoms with Crippen molar-refractivity contribution in [2.24, 2.45) is 0 Å². The van der Waals surface area contributed by atoms with Gasteiger partial charge in [-0.1, -0.05) is 18.3 Å².